The Balaban J connectivity index is 2.50. The molecule has 5 heteroatoms. The highest BCUT2D eigenvalue weighted by molar-refractivity contribution is 5.76. The molecule has 1 heterocycles. The molecule has 2 rings (SSSR count). The van der Waals surface area contributed by atoms with E-state index in [2.05, 4.69) is 24.0 Å². The van der Waals surface area contributed by atoms with Crippen molar-refractivity contribution < 1.29 is 8.78 Å². The molecule has 0 amide bonds. The normalized spacial score (nSPS) is 11.3. The van der Waals surface area contributed by atoms with E-state index in [0.29, 0.717) is 11.1 Å². The average molecular weight is 293 g/mol. The van der Waals surface area contributed by atoms with Crippen LogP contribution < -0.4 is 5.73 Å². The molecule has 0 saturated carbocycles. The third kappa shape index (κ3) is 3.40. The van der Waals surface area contributed by atoms with E-state index in [1.807, 2.05) is 0 Å². The van der Waals surface area contributed by atoms with Crippen molar-refractivity contribution in [2.45, 2.75) is 45.4 Å². The van der Waals surface area contributed by atoms with Crippen LogP contribution in [-0.2, 0) is 0 Å². The summed E-state index contributed by atoms with van der Waals surface area (Å²) < 4.78 is 26.9. The second kappa shape index (κ2) is 6.70. The molecule has 0 aliphatic rings. The Morgan fingerprint density at radius 1 is 1.10 bits per heavy atom. The predicted octanol–water partition coefficient (Wildman–Crippen LogP) is 4.62. The van der Waals surface area contributed by atoms with Gasteiger partial charge in [0.25, 0.3) is 0 Å². The number of nitrogens with zero attached hydrogens (tertiary/aromatic N) is 1. The van der Waals surface area contributed by atoms with E-state index >= 15 is 0 Å². The maximum absolute atomic E-state index is 13.5. The highest BCUT2D eigenvalue weighted by Gasteiger charge is 2.21. The lowest BCUT2D eigenvalue weighted by atomic mass is 9.90. The molecular weight excluding hydrogens is 272 g/mol. The van der Waals surface area contributed by atoms with Crippen LogP contribution in [0.4, 0.5) is 14.6 Å². The number of aromatic amines is 1. The van der Waals surface area contributed by atoms with Gasteiger partial charge in [-0.3, -0.25) is 5.10 Å². The zero-order valence-corrected chi connectivity index (χ0v) is 12.4. The Hall–Kier alpha value is -1.91. The van der Waals surface area contributed by atoms with Crippen molar-refractivity contribution in [1.82, 2.24) is 10.2 Å². The minimum atomic E-state index is -0.612. The number of nitrogen functional groups attached to an aromatic ring is 1. The van der Waals surface area contributed by atoms with E-state index in [9.17, 15) is 8.78 Å². The molecule has 0 fully saturated rings. The molecule has 3 nitrogen and oxygen atoms in total. The van der Waals surface area contributed by atoms with Gasteiger partial charge >= 0.3 is 0 Å². The maximum Gasteiger partial charge on any atom is 0.153 e. The SMILES string of the molecule is CCCC(CCC)c1[nH]nc(N)c1-c1cc(F)cc(F)c1. The molecule has 0 atom stereocenters. The Bertz CT molecular complexity index is 581. The van der Waals surface area contributed by atoms with Gasteiger partial charge in [-0.2, -0.15) is 5.10 Å². The van der Waals surface area contributed by atoms with Gasteiger partial charge < -0.3 is 5.73 Å². The van der Waals surface area contributed by atoms with Crippen LogP contribution in [0.5, 0.6) is 0 Å². The van der Waals surface area contributed by atoms with Crippen LogP contribution in [-0.4, -0.2) is 10.2 Å². The molecule has 0 aliphatic heterocycles. The summed E-state index contributed by atoms with van der Waals surface area (Å²) in [6, 6.07) is 3.44. The number of H-pyrrole nitrogens is 1. The maximum atomic E-state index is 13.5. The monoisotopic (exact) mass is 293 g/mol. The van der Waals surface area contributed by atoms with Crippen LogP contribution in [0.2, 0.25) is 0 Å². The fraction of sp³-hybridized carbons (Fsp3) is 0.438. The first kappa shape index (κ1) is 15.5. The van der Waals surface area contributed by atoms with E-state index in [1.165, 1.54) is 12.1 Å². The van der Waals surface area contributed by atoms with Gasteiger partial charge in [0.15, 0.2) is 5.82 Å². The van der Waals surface area contributed by atoms with Gasteiger partial charge in [0, 0.05) is 23.2 Å². The quantitative estimate of drug-likeness (QED) is 0.816. The standard InChI is InChI=1S/C16H21F2N3/c1-3-5-10(6-4-2)15-14(16(19)21-20-15)11-7-12(17)9-13(18)8-11/h7-10H,3-6H2,1-2H3,(H3,19,20,21). The Morgan fingerprint density at radius 3 is 2.19 bits per heavy atom. The minimum Gasteiger partial charge on any atom is -0.382 e. The van der Waals surface area contributed by atoms with Gasteiger partial charge in [-0.25, -0.2) is 8.78 Å². The first-order valence-electron chi connectivity index (χ1n) is 7.37. The van der Waals surface area contributed by atoms with E-state index in [4.69, 9.17) is 5.73 Å². The van der Waals surface area contributed by atoms with E-state index < -0.39 is 11.6 Å². The van der Waals surface area contributed by atoms with Gasteiger partial charge in [-0.05, 0) is 30.5 Å². The fourth-order valence-corrected chi connectivity index (χ4v) is 2.80. The lowest BCUT2D eigenvalue weighted by Crippen LogP contribution is -2.02. The Labute approximate surface area is 123 Å². The minimum absolute atomic E-state index is 0.270. The van der Waals surface area contributed by atoms with Gasteiger partial charge in [0.1, 0.15) is 11.6 Å². The molecule has 1 aromatic heterocycles. The topological polar surface area (TPSA) is 54.7 Å². The van der Waals surface area contributed by atoms with Gasteiger partial charge in [0.2, 0.25) is 0 Å². The zero-order chi connectivity index (χ0) is 15.4. The summed E-state index contributed by atoms with van der Waals surface area (Å²) >= 11 is 0. The third-order valence-electron chi connectivity index (χ3n) is 3.66. The first-order valence-corrected chi connectivity index (χ1v) is 7.37. The average Bonchev–Trinajstić information content (AvgIpc) is 2.79. The number of hydrogen-bond acceptors (Lipinski definition) is 2. The number of anilines is 1. The molecule has 21 heavy (non-hydrogen) atoms. The van der Waals surface area contributed by atoms with E-state index in [0.717, 1.165) is 37.4 Å². The van der Waals surface area contributed by atoms with Gasteiger partial charge in [-0.1, -0.05) is 26.7 Å². The zero-order valence-electron chi connectivity index (χ0n) is 12.4. The molecule has 0 aliphatic carbocycles. The van der Waals surface area contributed by atoms with Crippen LogP contribution in [0.3, 0.4) is 0 Å². The van der Waals surface area contributed by atoms with Crippen LogP contribution >= 0.6 is 0 Å². The number of benzene rings is 1. The van der Waals surface area contributed by atoms with Gasteiger partial charge in [0.05, 0.1) is 0 Å². The highest BCUT2D eigenvalue weighted by atomic mass is 19.1. The van der Waals surface area contributed by atoms with Crippen molar-refractivity contribution in [3.05, 3.63) is 35.5 Å². The number of nitrogens with two attached hydrogens (primary N) is 1. The molecule has 0 spiro atoms. The summed E-state index contributed by atoms with van der Waals surface area (Å²) in [4.78, 5) is 0. The molecule has 0 unspecified atom stereocenters. The van der Waals surface area contributed by atoms with Crippen LogP contribution in [0.1, 0.15) is 51.1 Å². The second-order valence-corrected chi connectivity index (χ2v) is 5.33. The summed E-state index contributed by atoms with van der Waals surface area (Å²) in [5.41, 5.74) is 7.85. The third-order valence-corrected chi connectivity index (χ3v) is 3.66. The highest BCUT2D eigenvalue weighted by Crippen LogP contribution is 2.36. The molecule has 0 saturated heterocycles. The van der Waals surface area contributed by atoms with Crippen molar-refractivity contribution in [3.63, 3.8) is 0 Å². The largest absolute Gasteiger partial charge is 0.382 e. The number of hydrogen-bond donors (Lipinski definition) is 2. The van der Waals surface area contributed by atoms with Crippen molar-refractivity contribution in [2.75, 3.05) is 5.73 Å². The predicted molar refractivity (Wildman–Crippen MR) is 80.9 cm³/mol. The Kier molecular flexibility index (Phi) is 4.94. The van der Waals surface area contributed by atoms with E-state index in [1.54, 1.807) is 0 Å². The molecule has 1 aromatic carbocycles. The second-order valence-electron chi connectivity index (χ2n) is 5.33. The van der Waals surface area contributed by atoms with Crippen LogP contribution in [0, 0.1) is 11.6 Å². The van der Waals surface area contributed by atoms with E-state index in [-0.39, 0.29) is 11.7 Å². The van der Waals surface area contributed by atoms with Crippen LogP contribution in [0.25, 0.3) is 11.1 Å². The summed E-state index contributed by atoms with van der Waals surface area (Å²) in [6.07, 6.45) is 4.03. The van der Waals surface area contributed by atoms with Crippen molar-refractivity contribution >= 4 is 5.82 Å². The Morgan fingerprint density at radius 2 is 1.67 bits per heavy atom. The van der Waals surface area contributed by atoms with Crippen molar-refractivity contribution in [2.24, 2.45) is 0 Å². The number of halogens is 2. The fourth-order valence-electron chi connectivity index (χ4n) is 2.80. The van der Waals surface area contributed by atoms with Crippen molar-refractivity contribution in [1.29, 1.82) is 0 Å². The number of nitrogens with one attached hydrogen (secondary N) is 1. The van der Waals surface area contributed by atoms with Crippen LogP contribution in [0.15, 0.2) is 18.2 Å². The van der Waals surface area contributed by atoms with Crippen molar-refractivity contribution in [3.8, 4) is 11.1 Å². The smallest absolute Gasteiger partial charge is 0.153 e. The lowest BCUT2D eigenvalue weighted by molar-refractivity contribution is 0.548. The molecule has 3 N–H and O–H groups in total. The van der Waals surface area contributed by atoms with Gasteiger partial charge in [-0.15, -0.1) is 0 Å². The summed E-state index contributed by atoms with van der Waals surface area (Å²) in [5.74, 6) is -0.670. The molecule has 114 valence electrons. The summed E-state index contributed by atoms with van der Waals surface area (Å²) in [5, 5.41) is 7.01. The number of rotatable bonds is 6. The molecular formula is C16H21F2N3. The summed E-state index contributed by atoms with van der Waals surface area (Å²) in [7, 11) is 0. The lowest BCUT2D eigenvalue weighted by Gasteiger charge is -2.16. The molecule has 0 bridgehead atoms. The molecule has 2 aromatic rings. The first-order chi connectivity index (χ1) is 10.1. The number of aromatic nitrogens is 2. The molecule has 0 radical (unpaired) electrons. The summed E-state index contributed by atoms with van der Waals surface area (Å²) in [6.45, 7) is 4.23.